The summed E-state index contributed by atoms with van der Waals surface area (Å²) in [4.78, 5) is 17.6. The van der Waals surface area contributed by atoms with Crippen LogP contribution in [-0.2, 0) is 0 Å². The van der Waals surface area contributed by atoms with E-state index in [2.05, 4.69) is 30.6 Å². The van der Waals surface area contributed by atoms with Crippen molar-refractivity contribution in [2.75, 3.05) is 24.9 Å². The van der Waals surface area contributed by atoms with Crippen LogP contribution >= 0.6 is 0 Å². The molecule has 0 radical (unpaired) electrons. The van der Waals surface area contributed by atoms with Crippen LogP contribution < -0.4 is 20.1 Å². The SMILES string of the molecule is COc1cc(Nc2ncnc(-c3cccnc3NC3CCCCC3)n2)cc(O)c1OC. The van der Waals surface area contributed by atoms with Gasteiger partial charge in [-0.1, -0.05) is 19.3 Å². The van der Waals surface area contributed by atoms with Gasteiger partial charge in [-0.25, -0.2) is 15.0 Å². The number of benzene rings is 1. The second-order valence-corrected chi connectivity index (χ2v) is 7.37. The highest BCUT2D eigenvalue weighted by Gasteiger charge is 2.17. The minimum absolute atomic E-state index is 0.0511. The van der Waals surface area contributed by atoms with Crippen molar-refractivity contribution in [2.45, 2.75) is 38.1 Å². The zero-order valence-electron chi connectivity index (χ0n) is 17.6. The third-order valence-electron chi connectivity index (χ3n) is 5.28. The van der Waals surface area contributed by atoms with E-state index in [1.807, 2.05) is 12.1 Å². The first kappa shape index (κ1) is 20.6. The molecule has 1 saturated carbocycles. The summed E-state index contributed by atoms with van der Waals surface area (Å²) in [5, 5.41) is 16.8. The average molecular weight is 422 g/mol. The lowest BCUT2D eigenvalue weighted by Crippen LogP contribution is -2.23. The van der Waals surface area contributed by atoms with E-state index in [4.69, 9.17) is 9.47 Å². The van der Waals surface area contributed by atoms with Crippen molar-refractivity contribution in [1.82, 2.24) is 19.9 Å². The fraction of sp³-hybridized carbons (Fsp3) is 0.364. The molecule has 1 aliphatic rings. The highest BCUT2D eigenvalue weighted by atomic mass is 16.5. The second kappa shape index (κ2) is 9.46. The van der Waals surface area contributed by atoms with Gasteiger partial charge < -0.3 is 25.2 Å². The largest absolute Gasteiger partial charge is 0.504 e. The molecule has 0 saturated heterocycles. The van der Waals surface area contributed by atoms with Crippen LogP contribution in [-0.4, -0.2) is 45.3 Å². The van der Waals surface area contributed by atoms with Gasteiger partial charge in [0.05, 0.1) is 19.8 Å². The van der Waals surface area contributed by atoms with Gasteiger partial charge in [0.25, 0.3) is 0 Å². The molecule has 1 aromatic carbocycles. The summed E-state index contributed by atoms with van der Waals surface area (Å²) in [5.74, 6) is 2.22. The molecule has 9 nitrogen and oxygen atoms in total. The number of rotatable bonds is 7. The third kappa shape index (κ3) is 4.76. The molecule has 3 N–H and O–H groups in total. The topological polar surface area (TPSA) is 114 Å². The maximum absolute atomic E-state index is 10.2. The van der Waals surface area contributed by atoms with Crippen LogP contribution in [0.5, 0.6) is 17.2 Å². The smallest absolute Gasteiger partial charge is 0.230 e. The van der Waals surface area contributed by atoms with Crippen LogP contribution in [0.25, 0.3) is 11.4 Å². The summed E-state index contributed by atoms with van der Waals surface area (Å²) in [7, 11) is 2.97. The molecule has 31 heavy (non-hydrogen) atoms. The van der Waals surface area contributed by atoms with Crippen molar-refractivity contribution in [3.63, 3.8) is 0 Å². The number of ether oxygens (including phenoxy) is 2. The summed E-state index contributed by atoms with van der Waals surface area (Å²) >= 11 is 0. The Morgan fingerprint density at radius 2 is 1.87 bits per heavy atom. The first-order valence-electron chi connectivity index (χ1n) is 10.3. The van der Waals surface area contributed by atoms with Gasteiger partial charge in [-0.2, -0.15) is 4.98 Å². The standard InChI is InChI=1S/C22H26N6O3/c1-30-18-12-15(11-17(29)19(18)31-2)27-22-25-13-24-21(28-22)16-9-6-10-23-20(16)26-14-7-4-3-5-8-14/h6,9-14,29H,3-5,7-8H2,1-2H3,(H,23,26)(H,24,25,27,28). The molecular weight excluding hydrogens is 396 g/mol. The first-order valence-corrected chi connectivity index (χ1v) is 10.3. The number of nitrogens with zero attached hydrogens (tertiary/aromatic N) is 4. The number of anilines is 3. The lowest BCUT2D eigenvalue weighted by molar-refractivity contribution is 0.333. The zero-order valence-corrected chi connectivity index (χ0v) is 17.6. The Hall–Kier alpha value is -3.62. The van der Waals surface area contributed by atoms with Gasteiger partial charge in [-0.3, -0.25) is 0 Å². The molecule has 0 aliphatic heterocycles. The van der Waals surface area contributed by atoms with Crippen LogP contribution in [0.15, 0.2) is 36.8 Å². The molecule has 0 bridgehead atoms. The van der Waals surface area contributed by atoms with E-state index >= 15 is 0 Å². The predicted octanol–water partition coefficient (Wildman–Crippen LogP) is 4.14. The number of phenolic OH excluding ortho intramolecular Hbond substituents is 1. The van der Waals surface area contributed by atoms with Crippen molar-refractivity contribution in [2.24, 2.45) is 0 Å². The number of hydrogen-bond acceptors (Lipinski definition) is 9. The summed E-state index contributed by atoms with van der Waals surface area (Å²) in [6.45, 7) is 0. The molecule has 2 heterocycles. The fourth-order valence-corrected chi connectivity index (χ4v) is 3.77. The number of methoxy groups -OCH3 is 2. The maximum Gasteiger partial charge on any atom is 0.230 e. The van der Waals surface area contributed by atoms with E-state index in [9.17, 15) is 5.11 Å². The molecule has 4 rings (SSSR count). The molecule has 1 aliphatic carbocycles. The number of hydrogen-bond donors (Lipinski definition) is 3. The Morgan fingerprint density at radius 3 is 2.65 bits per heavy atom. The van der Waals surface area contributed by atoms with Crippen LogP contribution in [0.2, 0.25) is 0 Å². The highest BCUT2D eigenvalue weighted by molar-refractivity contribution is 5.71. The minimum Gasteiger partial charge on any atom is -0.504 e. The van der Waals surface area contributed by atoms with Gasteiger partial charge in [-0.05, 0) is 25.0 Å². The van der Waals surface area contributed by atoms with Crippen molar-refractivity contribution in [3.05, 3.63) is 36.8 Å². The summed E-state index contributed by atoms with van der Waals surface area (Å²) in [5.41, 5.74) is 1.37. The van der Waals surface area contributed by atoms with Crippen molar-refractivity contribution < 1.29 is 14.6 Å². The molecule has 0 spiro atoms. The quantitative estimate of drug-likeness (QED) is 0.516. The number of aromatic nitrogens is 4. The number of aromatic hydroxyl groups is 1. The lowest BCUT2D eigenvalue weighted by atomic mass is 9.95. The molecule has 3 aromatic rings. The molecule has 9 heteroatoms. The van der Waals surface area contributed by atoms with Crippen molar-refractivity contribution in [3.8, 4) is 28.6 Å². The van der Waals surface area contributed by atoms with E-state index in [-0.39, 0.29) is 11.5 Å². The van der Waals surface area contributed by atoms with E-state index in [0.717, 1.165) is 24.2 Å². The molecule has 2 aromatic heterocycles. The Labute approximate surface area is 180 Å². The zero-order chi connectivity index (χ0) is 21.6. The minimum atomic E-state index is -0.0511. The van der Waals surface area contributed by atoms with E-state index in [1.54, 1.807) is 12.3 Å². The van der Waals surface area contributed by atoms with Gasteiger partial charge in [0.1, 0.15) is 12.1 Å². The normalized spacial score (nSPS) is 14.1. The monoisotopic (exact) mass is 422 g/mol. The Balaban J connectivity index is 1.59. The van der Waals surface area contributed by atoms with Crippen molar-refractivity contribution >= 4 is 17.5 Å². The lowest BCUT2D eigenvalue weighted by Gasteiger charge is -2.24. The second-order valence-electron chi connectivity index (χ2n) is 7.37. The Morgan fingerprint density at radius 1 is 1.03 bits per heavy atom. The number of phenols is 1. The molecular formula is C22H26N6O3. The molecule has 162 valence electrons. The van der Waals surface area contributed by atoms with E-state index in [1.165, 1.54) is 45.9 Å². The van der Waals surface area contributed by atoms with Crippen LogP contribution in [0.4, 0.5) is 17.5 Å². The number of pyridine rings is 1. The summed E-state index contributed by atoms with van der Waals surface area (Å²) in [6, 6.07) is 7.44. The van der Waals surface area contributed by atoms with E-state index in [0.29, 0.717) is 29.3 Å². The van der Waals surface area contributed by atoms with Crippen LogP contribution in [0.3, 0.4) is 0 Å². The average Bonchev–Trinajstić information content (AvgIpc) is 2.80. The first-order chi connectivity index (χ1) is 15.2. The molecule has 0 atom stereocenters. The van der Waals surface area contributed by atoms with Gasteiger partial charge in [0.2, 0.25) is 11.7 Å². The fourth-order valence-electron chi connectivity index (χ4n) is 3.77. The van der Waals surface area contributed by atoms with Crippen LogP contribution in [0.1, 0.15) is 32.1 Å². The van der Waals surface area contributed by atoms with Crippen molar-refractivity contribution in [1.29, 1.82) is 0 Å². The van der Waals surface area contributed by atoms with E-state index < -0.39 is 0 Å². The predicted molar refractivity (Wildman–Crippen MR) is 118 cm³/mol. The summed E-state index contributed by atoms with van der Waals surface area (Å²) in [6.07, 6.45) is 9.26. The summed E-state index contributed by atoms with van der Waals surface area (Å²) < 4.78 is 10.4. The molecule has 0 unspecified atom stereocenters. The number of nitrogens with one attached hydrogen (secondary N) is 2. The molecule has 0 amide bonds. The van der Waals surface area contributed by atoms with Gasteiger partial charge >= 0.3 is 0 Å². The van der Waals surface area contributed by atoms with Gasteiger partial charge in [0.15, 0.2) is 17.3 Å². The Bertz CT molecular complexity index is 1040. The third-order valence-corrected chi connectivity index (χ3v) is 5.28. The Kier molecular flexibility index (Phi) is 6.30. The highest BCUT2D eigenvalue weighted by Crippen LogP contribution is 2.39. The maximum atomic E-state index is 10.2. The van der Waals surface area contributed by atoms with Gasteiger partial charge in [0, 0.05) is 30.1 Å². The molecule has 1 fully saturated rings. The van der Waals surface area contributed by atoms with Gasteiger partial charge in [-0.15, -0.1) is 0 Å². The van der Waals surface area contributed by atoms with Crippen LogP contribution in [0, 0.1) is 0 Å².